The second-order valence-electron chi connectivity index (χ2n) is 4.74. The van der Waals surface area contributed by atoms with E-state index in [-0.39, 0.29) is 18.0 Å². The quantitative estimate of drug-likeness (QED) is 0.806. The standard InChI is InChI=1S/C15H23ClN2O/c1-4-14(5-2)18-15(19)10-17-11(3)12-7-6-8-13(16)9-12/h6-9,11,14,17H,4-5,10H2,1-3H3,(H,18,19)/t11-/m1/s1. The smallest absolute Gasteiger partial charge is 0.234 e. The van der Waals surface area contributed by atoms with Crippen LogP contribution in [0.4, 0.5) is 0 Å². The highest BCUT2D eigenvalue weighted by molar-refractivity contribution is 6.30. The van der Waals surface area contributed by atoms with Gasteiger partial charge in [0.15, 0.2) is 0 Å². The molecule has 2 N–H and O–H groups in total. The van der Waals surface area contributed by atoms with Crippen molar-refractivity contribution >= 4 is 17.5 Å². The molecule has 1 aromatic rings. The zero-order valence-corrected chi connectivity index (χ0v) is 12.6. The van der Waals surface area contributed by atoms with Crippen LogP contribution in [-0.2, 0) is 4.79 Å². The Hall–Kier alpha value is -1.06. The molecule has 0 spiro atoms. The molecule has 0 fully saturated rings. The summed E-state index contributed by atoms with van der Waals surface area (Å²) in [5, 5.41) is 6.93. The Kier molecular flexibility index (Phi) is 6.89. The minimum absolute atomic E-state index is 0.0441. The van der Waals surface area contributed by atoms with Crippen molar-refractivity contribution in [2.24, 2.45) is 0 Å². The van der Waals surface area contributed by atoms with Crippen molar-refractivity contribution in [2.75, 3.05) is 6.54 Å². The van der Waals surface area contributed by atoms with Crippen LogP contribution in [0.5, 0.6) is 0 Å². The molecule has 3 nitrogen and oxygen atoms in total. The van der Waals surface area contributed by atoms with Gasteiger partial charge in [0.05, 0.1) is 6.54 Å². The molecule has 0 radical (unpaired) electrons. The second-order valence-corrected chi connectivity index (χ2v) is 5.17. The third kappa shape index (κ3) is 5.62. The topological polar surface area (TPSA) is 41.1 Å². The maximum atomic E-state index is 11.8. The highest BCUT2D eigenvalue weighted by atomic mass is 35.5. The third-order valence-corrected chi connectivity index (χ3v) is 3.50. The van der Waals surface area contributed by atoms with E-state index in [2.05, 4.69) is 24.5 Å². The van der Waals surface area contributed by atoms with Crippen molar-refractivity contribution in [3.63, 3.8) is 0 Å². The number of carbonyl (C=O) groups excluding carboxylic acids is 1. The maximum absolute atomic E-state index is 11.8. The highest BCUT2D eigenvalue weighted by Crippen LogP contribution is 2.16. The predicted molar refractivity (Wildman–Crippen MR) is 80.4 cm³/mol. The van der Waals surface area contributed by atoms with E-state index in [1.54, 1.807) is 0 Å². The molecule has 0 bridgehead atoms. The maximum Gasteiger partial charge on any atom is 0.234 e. The summed E-state index contributed by atoms with van der Waals surface area (Å²) in [7, 11) is 0. The van der Waals surface area contributed by atoms with E-state index < -0.39 is 0 Å². The molecule has 1 aromatic carbocycles. The van der Waals surface area contributed by atoms with Crippen molar-refractivity contribution in [3.05, 3.63) is 34.9 Å². The Balaban J connectivity index is 2.41. The molecule has 0 heterocycles. The van der Waals surface area contributed by atoms with Gasteiger partial charge in [-0.3, -0.25) is 4.79 Å². The van der Waals surface area contributed by atoms with Crippen molar-refractivity contribution < 1.29 is 4.79 Å². The van der Waals surface area contributed by atoms with Crippen LogP contribution >= 0.6 is 11.6 Å². The van der Waals surface area contributed by atoms with Gasteiger partial charge in [-0.25, -0.2) is 0 Å². The molecule has 1 atom stereocenters. The molecule has 0 aliphatic rings. The average molecular weight is 283 g/mol. The fraction of sp³-hybridized carbons (Fsp3) is 0.533. The second kappa shape index (κ2) is 8.18. The first-order chi connectivity index (χ1) is 9.06. The summed E-state index contributed by atoms with van der Waals surface area (Å²) >= 11 is 5.95. The number of amides is 1. The molecule has 0 aliphatic carbocycles. The van der Waals surface area contributed by atoms with Gasteiger partial charge in [0.1, 0.15) is 0 Å². The highest BCUT2D eigenvalue weighted by Gasteiger charge is 2.10. The predicted octanol–water partition coefficient (Wildman–Crippen LogP) is 3.30. The molecular weight excluding hydrogens is 260 g/mol. The molecule has 106 valence electrons. The monoisotopic (exact) mass is 282 g/mol. The molecule has 0 aromatic heterocycles. The van der Waals surface area contributed by atoms with Crippen LogP contribution in [0.1, 0.15) is 45.2 Å². The largest absolute Gasteiger partial charge is 0.352 e. The molecule has 1 rings (SSSR count). The van der Waals surface area contributed by atoms with Crippen molar-refractivity contribution in [1.29, 1.82) is 0 Å². The van der Waals surface area contributed by atoms with Crippen LogP contribution in [0.25, 0.3) is 0 Å². The fourth-order valence-corrected chi connectivity index (χ4v) is 2.11. The number of nitrogens with one attached hydrogen (secondary N) is 2. The summed E-state index contributed by atoms with van der Waals surface area (Å²) in [6.07, 6.45) is 1.93. The summed E-state index contributed by atoms with van der Waals surface area (Å²) in [6.45, 7) is 6.51. The minimum atomic E-state index is 0.0441. The SMILES string of the molecule is CCC(CC)NC(=O)CN[C@H](C)c1cccc(Cl)c1. The van der Waals surface area contributed by atoms with Crippen LogP contribution in [0.2, 0.25) is 5.02 Å². The Labute approximate surface area is 120 Å². The first kappa shape index (κ1) is 16.0. The molecule has 0 aliphatic heterocycles. The number of hydrogen-bond donors (Lipinski definition) is 2. The van der Waals surface area contributed by atoms with Gasteiger partial charge in [-0.1, -0.05) is 37.6 Å². The van der Waals surface area contributed by atoms with Gasteiger partial charge in [0.25, 0.3) is 0 Å². The average Bonchev–Trinajstić information content (AvgIpc) is 2.42. The van der Waals surface area contributed by atoms with Crippen LogP contribution in [0.3, 0.4) is 0 Å². The van der Waals surface area contributed by atoms with Gasteiger partial charge in [-0.05, 0) is 37.5 Å². The Bertz CT molecular complexity index is 405. The number of benzene rings is 1. The summed E-state index contributed by atoms with van der Waals surface area (Å²) in [4.78, 5) is 11.8. The van der Waals surface area contributed by atoms with E-state index in [0.29, 0.717) is 11.6 Å². The minimum Gasteiger partial charge on any atom is -0.352 e. The Morgan fingerprint density at radius 3 is 2.58 bits per heavy atom. The first-order valence-electron chi connectivity index (χ1n) is 6.85. The Morgan fingerprint density at radius 1 is 1.32 bits per heavy atom. The van der Waals surface area contributed by atoms with E-state index >= 15 is 0 Å². The summed E-state index contributed by atoms with van der Waals surface area (Å²) < 4.78 is 0. The zero-order valence-electron chi connectivity index (χ0n) is 11.9. The summed E-state index contributed by atoms with van der Waals surface area (Å²) in [6, 6.07) is 8.06. The van der Waals surface area contributed by atoms with Gasteiger partial charge < -0.3 is 10.6 Å². The van der Waals surface area contributed by atoms with Gasteiger partial charge >= 0.3 is 0 Å². The van der Waals surface area contributed by atoms with Gasteiger partial charge in [-0.2, -0.15) is 0 Å². The first-order valence-corrected chi connectivity index (χ1v) is 7.22. The fourth-order valence-electron chi connectivity index (χ4n) is 1.91. The molecule has 0 saturated heterocycles. The zero-order chi connectivity index (χ0) is 14.3. The van der Waals surface area contributed by atoms with E-state index in [4.69, 9.17) is 11.6 Å². The van der Waals surface area contributed by atoms with Crippen molar-refractivity contribution in [2.45, 2.75) is 45.7 Å². The number of carbonyl (C=O) groups is 1. The normalized spacial score (nSPS) is 12.5. The lowest BCUT2D eigenvalue weighted by atomic mass is 10.1. The van der Waals surface area contributed by atoms with Crippen LogP contribution in [-0.4, -0.2) is 18.5 Å². The Morgan fingerprint density at radius 2 is 2.00 bits per heavy atom. The number of rotatable bonds is 7. The van der Waals surface area contributed by atoms with Gasteiger partial charge in [0.2, 0.25) is 5.91 Å². The van der Waals surface area contributed by atoms with Crippen LogP contribution in [0.15, 0.2) is 24.3 Å². The molecule has 1 amide bonds. The molecule has 4 heteroatoms. The van der Waals surface area contributed by atoms with Crippen molar-refractivity contribution in [1.82, 2.24) is 10.6 Å². The third-order valence-electron chi connectivity index (χ3n) is 3.27. The lowest BCUT2D eigenvalue weighted by Gasteiger charge is -2.17. The van der Waals surface area contributed by atoms with Crippen LogP contribution < -0.4 is 10.6 Å². The molecule has 19 heavy (non-hydrogen) atoms. The number of hydrogen-bond acceptors (Lipinski definition) is 2. The molecule has 0 saturated carbocycles. The molecule has 0 unspecified atom stereocenters. The molecular formula is C15H23ClN2O. The van der Waals surface area contributed by atoms with E-state index in [9.17, 15) is 4.79 Å². The lowest BCUT2D eigenvalue weighted by Crippen LogP contribution is -2.40. The van der Waals surface area contributed by atoms with E-state index in [1.165, 1.54) is 0 Å². The van der Waals surface area contributed by atoms with E-state index in [1.807, 2.05) is 31.2 Å². The van der Waals surface area contributed by atoms with Crippen LogP contribution in [0, 0.1) is 0 Å². The lowest BCUT2D eigenvalue weighted by molar-refractivity contribution is -0.121. The van der Waals surface area contributed by atoms with Gasteiger partial charge in [0, 0.05) is 17.1 Å². The van der Waals surface area contributed by atoms with Crippen molar-refractivity contribution in [3.8, 4) is 0 Å². The number of halogens is 1. The van der Waals surface area contributed by atoms with Gasteiger partial charge in [-0.15, -0.1) is 0 Å². The summed E-state index contributed by atoms with van der Waals surface area (Å²) in [5.74, 6) is 0.0441. The van der Waals surface area contributed by atoms with E-state index in [0.717, 1.165) is 18.4 Å². The summed E-state index contributed by atoms with van der Waals surface area (Å²) in [5.41, 5.74) is 1.09.